The third-order valence-corrected chi connectivity index (χ3v) is 3.78. The average molecular weight is 420 g/mol. The quantitative estimate of drug-likeness (QED) is 0.286. The lowest BCUT2D eigenvalue weighted by Gasteiger charge is -2.44. The second-order valence-corrected chi connectivity index (χ2v) is 6.37. The molecule has 5 atom stereocenters. The number of unbranched alkanes of at least 4 members (excludes halogenated alkanes) is 1. The Bertz CT molecular complexity index is 576. The van der Waals surface area contributed by atoms with E-state index in [9.17, 15) is 19.2 Å². The molecule has 11 heteroatoms. The number of aliphatic hydroxyl groups is 1. The maximum Gasteiger partial charge on any atom is 0.303 e. The molecular formula is C18H28O11. The lowest BCUT2D eigenvalue weighted by atomic mass is 9.98. The molecule has 1 saturated heterocycles. The molecule has 1 heterocycles. The molecular weight excluding hydrogens is 392 g/mol. The first kappa shape index (κ1) is 24.8. The molecule has 29 heavy (non-hydrogen) atoms. The first-order valence-electron chi connectivity index (χ1n) is 9.18. The topological polar surface area (TPSA) is 144 Å². The third kappa shape index (κ3) is 8.75. The summed E-state index contributed by atoms with van der Waals surface area (Å²) in [7, 11) is 0. The summed E-state index contributed by atoms with van der Waals surface area (Å²) in [4.78, 5) is 46.1. The summed E-state index contributed by atoms with van der Waals surface area (Å²) >= 11 is 0. The monoisotopic (exact) mass is 420 g/mol. The van der Waals surface area contributed by atoms with Crippen molar-refractivity contribution in [3.05, 3.63) is 0 Å². The number of hydrogen-bond donors (Lipinski definition) is 1. The van der Waals surface area contributed by atoms with Gasteiger partial charge in [0.2, 0.25) is 0 Å². The van der Waals surface area contributed by atoms with Gasteiger partial charge >= 0.3 is 23.9 Å². The minimum absolute atomic E-state index is 0.0259. The van der Waals surface area contributed by atoms with Crippen molar-refractivity contribution in [1.29, 1.82) is 0 Å². The molecule has 0 radical (unpaired) electrons. The van der Waals surface area contributed by atoms with Crippen LogP contribution in [0.25, 0.3) is 0 Å². The maximum atomic E-state index is 11.7. The molecule has 1 N–H and O–H groups in total. The lowest BCUT2D eigenvalue weighted by molar-refractivity contribution is -0.308. The van der Waals surface area contributed by atoms with Gasteiger partial charge in [0.25, 0.3) is 0 Å². The molecule has 0 amide bonds. The molecule has 1 fully saturated rings. The number of esters is 4. The first-order chi connectivity index (χ1) is 13.6. The highest BCUT2D eigenvalue weighted by Gasteiger charge is 2.52. The van der Waals surface area contributed by atoms with E-state index in [2.05, 4.69) is 0 Å². The second-order valence-electron chi connectivity index (χ2n) is 6.37. The maximum absolute atomic E-state index is 11.7. The van der Waals surface area contributed by atoms with Crippen LogP contribution < -0.4 is 0 Å². The van der Waals surface area contributed by atoms with Crippen LogP contribution in [0, 0.1) is 0 Å². The van der Waals surface area contributed by atoms with E-state index in [1.165, 1.54) is 6.92 Å². The Balaban J connectivity index is 3.17. The number of aliphatic hydroxyl groups excluding tert-OH is 1. The highest BCUT2D eigenvalue weighted by Crippen LogP contribution is 2.30. The van der Waals surface area contributed by atoms with Crippen LogP contribution in [-0.4, -0.2) is 79.5 Å². The van der Waals surface area contributed by atoms with E-state index in [0.717, 1.165) is 20.8 Å². The standard InChI is InChI=1S/C18H28O11/c1-10(20)25-9-14-15(26-11(2)21)16(27-12(3)22)17(28-13(4)23)18(29-14)24-8-6-5-7-19/h14-19H,5-9H2,1-4H3. The van der Waals surface area contributed by atoms with Crippen molar-refractivity contribution in [2.45, 2.75) is 71.2 Å². The van der Waals surface area contributed by atoms with Crippen LogP contribution in [0.1, 0.15) is 40.5 Å². The number of ether oxygens (including phenoxy) is 6. The van der Waals surface area contributed by atoms with Gasteiger partial charge in [0.1, 0.15) is 12.7 Å². The molecule has 0 spiro atoms. The molecule has 1 aliphatic rings. The zero-order valence-corrected chi connectivity index (χ0v) is 17.0. The molecule has 0 aromatic heterocycles. The summed E-state index contributed by atoms with van der Waals surface area (Å²) in [5.74, 6) is -2.70. The first-order valence-corrected chi connectivity index (χ1v) is 9.18. The van der Waals surface area contributed by atoms with Crippen LogP contribution in [-0.2, 0) is 47.6 Å². The normalized spacial score (nSPS) is 26.3. The Kier molecular flexibility index (Phi) is 10.6. The van der Waals surface area contributed by atoms with Crippen molar-refractivity contribution in [1.82, 2.24) is 0 Å². The summed E-state index contributed by atoms with van der Waals surface area (Å²) in [6.45, 7) is 4.44. The molecule has 166 valence electrons. The lowest BCUT2D eigenvalue weighted by Crippen LogP contribution is -2.63. The Morgan fingerprint density at radius 2 is 1.34 bits per heavy atom. The molecule has 1 rings (SSSR count). The fourth-order valence-electron chi connectivity index (χ4n) is 2.74. The van der Waals surface area contributed by atoms with E-state index in [1.807, 2.05) is 0 Å². The molecule has 5 unspecified atom stereocenters. The zero-order chi connectivity index (χ0) is 22.0. The summed E-state index contributed by atoms with van der Waals surface area (Å²) in [5.41, 5.74) is 0. The van der Waals surface area contributed by atoms with Crippen molar-refractivity contribution in [2.75, 3.05) is 19.8 Å². The fourth-order valence-corrected chi connectivity index (χ4v) is 2.74. The summed E-state index contributed by atoms with van der Waals surface area (Å²) < 4.78 is 32.1. The SMILES string of the molecule is CC(=O)OCC1OC(OCCCCO)C(OC(C)=O)C(OC(C)=O)C1OC(C)=O. The van der Waals surface area contributed by atoms with E-state index in [0.29, 0.717) is 12.8 Å². The van der Waals surface area contributed by atoms with Crippen LogP contribution in [0.3, 0.4) is 0 Å². The molecule has 0 aliphatic carbocycles. The van der Waals surface area contributed by atoms with E-state index in [1.54, 1.807) is 0 Å². The van der Waals surface area contributed by atoms with E-state index < -0.39 is 54.6 Å². The largest absolute Gasteiger partial charge is 0.463 e. The molecule has 0 saturated carbocycles. The van der Waals surface area contributed by atoms with Gasteiger partial charge in [0, 0.05) is 40.9 Å². The Morgan fingerprint density at radius 1 is 0.793 bits per heavy atom. The van der Waals surface area contributed by atoms with Crippen LogP contribution in [0.2, 0.25) is 0 Å². The van der Waals surface area contributed by atoms with Gasteiger partial charge in [-0.1, -0.05) is 0 Å². The van der Waals surface area contributed by atoms with Crippen molar-refractivity contribution in [3.63, 3.8) is 0 Å². The average Bonchev–Trinajstić information content (AvgIpc) is 2.60. The summed E-state index contributed by atoms with van der Waals surface area (Å²) in [5, 5.41) is 8.89. The smallest absolute Gasteiger partial charge is 0.303 e. The van der Waals surface area contributed by atoms with Gasteiger partial charge in [-0.3, -0.25) is 19.2 Å². The van der Waals surface area contributed by atoms with Gasteiger partial charge in [0.15, 0.2) is 24.6 Å². The zero-order valence-electron chi connectivity index (χ0n) is 17.0. The third-order valence-electron chi connectivity index (χ3n) is 3.78. The highest BCUT2D eigenvalue weighted by molar-refractivity contribution is 5.68. The predicted molar refractivity (Wildman–Crippen MR) is 94.2 cm³/mol. The van der Waals surface area contributed by atoms with Crippen LogP contribution in [0.5, 0.6) is 0 Å². The number of hydrogen-bond acceptors (Lipinski definition) is 11. The van der Waals surface area contributed by atoms with Gasteiger partial charge in [-0.2, -0.15) is 0 Å². The van der Waals surface area contributed by atoms with Crippen molar-refractivity contribution in [3.8, 4) is 0 Å². The fraction of sp³-hybridized carbons (Fsp3) is 0.778. The van der Waals surface area contributed by atoms with Crippen LogP contribution >= 0.6 is 0 Å². The summed E-state index contributed by atoms with van der Waals surface area (Å²) in [6, 6.07) is 0. The molecule has 1 aliphatic heterocycles. The number of carbonyl (C=O) groups excluding carboxylic acids is 4. The van der Waals surface area contributed by atoms with Gasteiger partial charge in [-0.15, -0.1) is 0 Å². The van der Waals surface area contributed by atoms with Gasteiger partial charge in [0.05, 0.1) is 0 Å². The van der Waals surface area contributed by atoms with Crippen molar-refractivity contribution in [2.24, 2.45) is 0 Å². The van der Waals surface area contributed by atoms with E-state index >= 15 is 0 Å². The minimum atomic E-state index is -1.25. The molecule has 0 aromatic carbocycles. The van der Waals surface area contributed by atoms with Gasteiger partial charge < -0.3 is 33.5 Å². The number of rotatable bonds is 10. The summed E-state index contributed by atoms with van der Waals surface area (Å²) in [6.07, 6.45) is -4.95. The molecule has 0 aromatic rings. The molecule has 11 nitrogen and oxygen atoms in total. The van der Waals surface area contributed by atoms with Crippen LogP contribution in [0.4, 0.5) is 0 Å². The van der Waals surface area contributed by atoms with Gasteiger partial charge in [-0.25, -0.2) is 0 Å². The van der Waals surface area contributed by atoms with Crippen LogP contribution in [0.15, 0.2) is 0 Å². The van der Waals surface area contributed by atoms with E-state index in [-0.39, 0.29) is 19.8 Å². The van der Waals surface area contributed by atoms with E-state index in [4.69, 9.17) is 33.5 Å². The van der Waals surface area contributed by atoms with Crippen molar-refractivity contribution < 1.29 is 52.7 Å². The predicted octanol–water partition coefficient (Wildman–Crippen LogP) is -0.141. The number of carbonyl (C=O) groups is 4. The highest BCUT2D eigenvalue weighted by atomic mass is 16.7. The Morgan fingerprint density at radius 3 is 1.86 bits per heavy atom. The minimum Gasteiger partial charge on any atom is -0.463 e. The van der Waals surface area contributed by atoms with Crippen molar-refractivity contribution >= 4 is 23.9 Å². The Labute approximate surface area is 168 Å². The Hall–Kier alpha value is -2.24. The second kappa shape index (κ2) is 12.3. The molecule has 0 bridgehead atoms. The van der Waals surface area contributed by atoms with Gasteiger partial charge in [-0.05, 0) is 12.8 Å².